The van der Waals surface area contributed by atoms with Gasteiger partial charge >= 0.3 is 5.97 Å². The van der Waals surface area contributed by atoms with Gasteiger partial charge in [0, 0.05) is 0 Å². The van der Waals surface area contributed by atoms with Gasteiger partial charge in [-0.25, -0.2) is 0 Å². The largest absolute Gasteiger partial charge is 0.493 e. The summed E-state index contributed by atoms with van der Waals surface area (Å²) in [5, 5.41) is 0. The minimum atomic E-state index is -0.0845. The van der Waals surface area contributed by atoms with Crippen LogP contribution in [0.4, 0.5) is 0 Å². The fraction of sp³-hybridized carbons (Fsp3) is 0.696. The number of carbonyl (C=O) groups excluding carboxylic acids is 1. The topological polar surface area (TPSA) is 35.5 Å². The van der Waals surface area contributed by atoms with E-state index in [4.69, 9.17) is 9.47 Å². The molecular formula is C23H32O3. The molecule has 0 aromatic heterocycles. The molecular weight excluding hydrogens is 324 g/mol. The third-order valence-electron chi connectivity index (χ3n) is 7.04. The first kappa shape index (κ1) is 17.9. The maximum absolute atomic E-state index is 12.3. The molecule has 4 saturated carbocycles. The summed E-state index contributed by atoms with van der Waals surface area (Å²) >= 11 is 0. The van der Waals surface area contributed by atoms with Crippen LogP contribution in [0.5, 0.6) is 5.75 Å². The van der Waals surface area contributed by atoms with Gasteiger partial charge in [0.1, 0.15) is 11.9 Å². The molecule has 4 aliphatic rings. The molecule has 4 aliphatic carbocycles. The second-order valence-corrected chi connectivity index (χ2v) is 8.86. The lowest BCUT2D eigenvalue weighted by Crippen LogP contribution is -2.50. The molecule has 4 fully saturated rings. The SMILES string of the molecule is CCC(C)c1ccc(OCCC(=O)OC2C3CC4CC(C3)CC2C4)cc1. The van der Waals surface area contributed by atoms with Gasteiger partial charge in [0.25, 0.3) is 0 Å². The van der Waals surface area contributed by atoms with Crippen molar-refractivity contribution in [3.8, 4) is 5.75 Å². The first-order chi connectivity index (χ1) is 12.6. The van der Waals surface area contributed by atoms with Crippen LogP contribution in [0.3, 0.4) is 0 Å². The molecule has 0 radical (unpaired) electrons. The van der Waals surface area contributed by atoms with Gasteiger partial charge < -0.3 is 9.47 Å². The van der Waals surface area contributed by atoms with Crippen LogP contribution in [-0.4, -0.2) is 18.7 Å². The van der Waals surface area contributed by atoms with Gasteiger partial charge in [-0.1, -0.05) is 26.0 Å². The predicted molar refractivity (Wildman–Crippen MR) is 102 cm³/mol. The minimum Gasteiger partial charge on any atom is -0.493 e. The van der Waals surface area contributed by atoms with E-state index in [0.29, 0.717) is 30.8 Å². The lowest BCUT2D eigenvalue weighted by Gasteiger charge is -2.53. The molecule has 4 bridgehead atoms. The van der Waals surface area contributed by atoms with Crippen molar-refractivity contribution in [1.82, 2.24) is 0 Å². The summed E-state index contributed by atoms with van der Waals surface area (Å²) in [6.07, 6.45) is 8.22. The third kappa shape index (κ3) is 3.77. The molecule has 1 aromatic rings. The molecule has 0 N–H and O–H groups in total. The Labute approximate surface area is 157 Å². The van der Waals surface area contributed by atoms with Crippen LogP contribution in [-0.2, 0) is 9.53 Å². The summed E-state index contributed by atoms with van der Waals surface area (Å²) in [5.41, 5.74) is 1.33. The Balaban J connectivity index is 1.22. The number of esters is 1. The maximum atomic E-state index is 12.3. The van der Waals surface area contributed by atoms with Crippen LogP contribution in [0, 0.1) is 23.7 Å². The smallest absolute Gasteiger partial charge is 0.309 e. The minimum absolute atomic E-state index is 0.0845. The van der Waals surface area contributed by atoms with Gasteiger partial charge in [0.05, 0.1) is 13.0 Å². The molecule has 0 heterocycles. The summed E-state index contributed by atoms with van der Waals surface area (Å²) in [7, 11) is 0. The molecule has 142 valence electrons. The van der Waals surface area contributed by atoms with Gasteiger partial charge in [0.2, 0.25) is 0 Å². The van der Waals surface area contributed by atoms with E-state index in [9.17, 15) is 4.79 Å². The second kappa shape index (κ2) is 7.62. The average molecular weight is 357 g/mol. The van der Waals surface area contributed by atoms with Crippen molar-refractivity contribution >= 4 is 5.97 Å². The zero-order chi connectivity index (χ0) is 18.1. The Morgan fingerprint density at radius 3 is 2.23 bits per heavy atom. The van der Waals surface area contributed by atoms with Crippen LogP contribution in [0.1, 0.15) is 70.3 Å². The van der Waals surface area contributed by atoms with Gasteiger partial charge in [-0.2, -0.15) is 0 Å². The number of benzene rings is 1. The molecule has 1 atom stereocenters. The first-order valence-corrected chi connectivity index (χ1v) is 10.5. The molecule has 5 rings (SSSR count). The molecule has 1 unspecified atom stereocenters. The average Bonchev–Trinajstić information content (AvgIpc) is 2.64. The van der Waals surface area contributed by atoms with E-state index in [-0.39, 0.29) is 12.1 Å². The van der Waals surface area contributed by atoms with Gasteiger partial charge in [0.15, 0.2) is 0 Å². The molecule has 0 amide bonds. The fourth-order valence-electron chi connectivity index (χ4n) is 5.66. The highest BCUT2D eigenvalue weighted by Crippen LogP contribution is 2.54. The molecule has 3 nitrogen and oxygen atoms in total. The number of ether oxygens (including phenoxy) is 2. The number of carbonyl (C=O) groups is 1. The lowest BCUT2D eigenvalue weighted by atomic mass is 9.55. The van der Waals surface area contributed by atoms with Crippen molar-refractivity contribution < 1.29 is 14.3 Å². The normalized spacial score (nSPS) is 33.1. The van der Waals surface area contributed by atoms with Crippen molar-refractivity contribution in [1.29, 1.82) is 0 Å². The zero-order valence-corrected chi connectivity index (χ0v) is 16.2. The quantitative estimate of drug-likeness (QED) is 0.619. The highest BCUT2D eigenvalue weighted by molar-refractivity contribution is 5.69. The monoisotopic (exact) mass is 356 g/mol. The number of hydrogen-bond acceptors (Lipinski definition) is 3. The summed E-state index contributed by atoms with van der Waals surface area (Å²) in [4.78, 5) is 12.3. The standard InChI is InChI=1S/C23H32O3/c1-3-15(2)18-4-6-21(7-5-18)25-9-8-22(24)26-23-19-11-16-10-17(13-19)14-20(23)12-16/h4-7,15-17,19-20,23H,3,8-14H2,1-2H3. The van der Waals surface area contributed by atoms with Crippen LogP contribution in [0.25, 0.3) is 0 Å². The third-order valence-corrected chi connectivity index (χ3v) is 7.04. The van der Waals surface area contributed by atoms with Crippen LogP contribution >= 0.6 is 0 Å². The van der Waals surface area contributed by atoms with Crippen molar-refractivity contribution in [2.45, 2.75) is 70.8 Å². The molecule has 1 aromatic carbocycles. The van der Waals surface area contributed by atoms with E-state index < -0.39 is 0 Å². The Morgan fingerprint density at radius 1 is 1.04 bits per heavy atom. The van der Waals surface area contributed by atoms with Crippen molar-refractivity contribution in [2.75, 3.05) is 6.61 Å². The predicted octanol–water partition coefficient (Wildman–Crippen LogP) is 5.34. The Hall–Kier alpha value is -1.51. The number of rotatable bonds is 7. The van der Waals surface area contributed by atoms with E-state index in [1.165, 1.54) is 37.7 Å². The highest BCUT2D eigenvalue weighted by Gasteiger charge is 2.49. The summed E-state index contributed by atoms with van der Waals surface area (Å²) < 4.78 is 11.7. The first-order valence-electron chi connectivity index (χ1n) is 10.5. The van der Waals surface area contributed by atoms with Gasteiger partial charge in [-0.3, -0.25) is 4.79 Å². The Kier molecular flexibility index (Phi) is 5.24. The Bertz CT molecular complexity index is 593. The van der Waals surface area contributed by atoms with Crippen LogP contribution < -0.4 is 4.74 Å². The van der Waals surface area contributed by atoms with Crippen molar-refractivity contribution in [3.05, 3.63) is 29.8 Å². The molecule has 0 saturated heterocycles. The van der Waals surface area contributed by atoms with E-state index >= 15 is 0 Å². The zero-order valence-electron chi connectivity index (χ0n) is 16.2. The Morgan fingerprint density at radius 2 is 1.65 bits per heavy atom. The van der Waals surface area contributed by atoms with E-state index in [1.54, 1.807) is 0 Å². The van der Waals surface area contributed by atoms with E-state index in [1.807, 2.05) is 12.1 Å². The van der Waals surface area contributed by atoms with Crippen LogP contribution in [0.15, 0.2) is 24.3 Å². The molecule has 0 aliphatic heterocycles. The maximum Gasteiger partial charge on any atom is 0.309 e. The van der Waals surface area contributed by atoms with Gasteiger partial charge in [-0.15, -0.1) is 0 Å². The summed E-state index contributed by atoms with van der Waals surface area (Å²) in [6.45, 7) is 4.83. The fourth-order valence-corrected chi connectivity index (χ4v) is 5.66. The van der Waals surface area contributed by atoms with Crippen LogP contribution in [0.2, 0.25) is 0 Å². The van der Waals surface area contributed by atoms with E-state index in [0.717, 1.165) is 24.0 Å². The lowest BCUT2D eigenvalue weighted by molar-refractivity contribution is -0.171. The summed E-state index contributed by atoms with van der Waals surface area (Å²) in [6, 6.07) is 8.25. The second-order valence-electron chi connectivity index (χ2n) is 8.86. The van der Waals surface area contributed by atoms with Gasteiger partial charge in [-0.05, 0) is 85.8 Å². The number of hydrogen-bond donors (Lipinski definition) is 0. The molecule has 3 heteroatoms. The summed E-state index contributed by atoms with van der Waals surface area (Å²) in [5.74, 6) is 4.40. The van der Waals surface area contributed by atoms with E-state index in [2.05, 4.69) is 26.0 Å². The van der Waals surface area contributed by atoms with Crippen molar-refractivity contribution in [2.24, 2.45) is 23.7 Å². The molecule has 26 heavy (non-hydrogen) atoms. The van der Waals surface area contributed by atoms with Crippen molar-refractivity contribution in [3.63, 3.8) is 0 Å². The molecule has 0 spiro atoms. The highest BCUT2D eigenvalue weighted by atomic mass is 16.5.